The van der Waals surface area contributed by atoms with E-state index in [4.69, 9.17) is 0 Å². The van der Waals surface area contributed by atoms with Gasteiger partial charge in [-0.2, -0.15) is 0 Å². The van der Waals surface area contributed by atoms with E-state index in [1.54, 1.807) is 0 Å². The van der Waals surface area contributed by atoms with E-state index in [1.165, 1.54) is 12.0 Å². The van der Waals surface area contributed by atoms with Gasteiger partial charge in [-0.3, -0.25) is 0 Å². The van der Waals surface area contributed by atoms with Crippen molar-refractivity contribution in [3.05, 3.63) is 35.9 Å². The number of aliphatic hydroxyl groups is 1. The van der Waals surface area contributed by atoms with E-state index in [-0.39, 0.29) is 0 Å². The lowest BCUT2D eigenvalue weighted by Gasteiger charge is -2.29. The second-order valence-electron chi connectivity index (χ2n) is 7.30. The Morgan fingerprint density at radius 1 is 1.17 bits per heavy atom. The van der Waals surface area contributed by atoms with Crippen molar-refractivity contribution in [3.63, 3.8) is 0 Å². The third-order valence-electron chi connectivity index (χ3n) is 5.13. The molecule has 2 aliphatic carbocycles. The van der Waals surface area contributed by atoms with Crippen molar-refractivity contribution < 1.29 is 5.11 Å². The summed E-state index contributed by atoms with van der Waals surface area (Å²) in [5, 5.41) is 11.1. The fourth-order valence-corrected chi connectivity index (χ4v) is 4.33. The average Bonchev–Trinajstić information content (AvgIpc) is 3.05. The van der Waals surface area contributed by atoms with Gasteiger partial charge >= 0.3 is 0 Å². The maximum absolute atomic E-state index is 11.1. The second kappa shape index (κ2) is 3.84. The van der Waals surface area contributed by atoms with E-state index < -0.39 is 5.60 Å². The molecule has 0 spiro atoms. The predicted molar refractivity (Wildman–Crippen MR) is 74.4 cm³/mol. The second-order valence-corrected chi connectivity index (χ2v) is 7.30. The zero-order valence-electron chi connectivity index (χ0n) is 11.7. The van der Waals surface area contributed by atoms with Gasteiger partial charge in [-0.15, -0.1) is 0 Å². The van der Waals surface area contributed by atoms with Crippen LogP contribution < -0.4 is 0 Å². The Bertz CT molecular complexity index is 436. The molecule has 0 aliphatic heterocycles. The highest BCUT2D eigenvalue weighted by molar-refractivity contribution is 5.28. The lowest BCUT2D eigenvalue weighted by atomic mass is 9.84. The van der Waals surface area contributed by atoms with Gasteiger partial charge in [0.25, 0.3) is 0 Å². The highest BCUT2D eigenvalue weighted by Gasteiger charge is 2.59. The molecule has 3 rings (SSSR count). The molecule has 1 heteroatoms. The molecular weight excluding hydrogens is 220 g/mol. The van der Waals surface area contributed by atoms with Crippen LogP contribution in [-0.2, 0) is 0 Å². The van der Waals surface area contributed by atoms with Crippen LogP contribution in [0.25, 0.3) is 0 Å². The number of hydrogen-bond acceptors (Lipinski definition) is 1. The van der Waals surface area contributed by atoms with Gasteiger partial charge in [-0.25, -0.2) is 0 Å². The molecule has 0 bridgehead atoms. The van der Waals surface area contributed by atoms with Crippen LogP contribution in [0.1, 0.15) is 51.5 Å². The Kier molecular flexibility index (Phi) is 2.60. The van der Waals surface area contributed by atoms with Crippen molar-refractivity contribution in [1.29, 1.82) is 0 Å². The van der Waals surface area contributed by atoms with Crippen molar-refractivity contribution in [2.24, 2.45) is 17.3 Å². The SMILES string of the molecule is CC1CC(C)(C)CC1(O)C1CC1c1ccccc1. The molecular formula is C17H24O. The van der Waals surface area contributed by atoms with Crippen molar-refractivity contribution in [1.82, 2.24) is 0 Å². The minimum absolute atomic E-state index is 0.304. The number of benzene rings is 1. The fourth-order valence-electron chi connectivity index (χ4n) is 4.33. The molecule has 2 fully saturated rings. The summed E-state index contributed by atoms with van der Waals surface area (Å²) in [5.74, 6) is 1.51. The van der Waals surface area contributed by atoms with Crippen molar-refractivity contribution in [3.8, 4) is 0 Å². The van der Waals surface area contributed by atoms with E-state index >= 15 is 0 Å². The van der Waals surface area contributed by atoms with Gasteiger partial charge in [-0.05, 0) is 48.0 Å². The number of hydrogen-bond donors (Lipinski definition) is 1. The summed E-state index contributed by atoms with van der Waals surface area (Å²) in [6, 6.07) is 10.7. The standard InChI is InChI=1S/C17H24O/c1-12-10-16(2,3)11-17(12,18)15-9-14(15)13-7-5-4-6-8-13/h4-8,12,14-15,18H,9-11H2,1-3H3. The molecule has 0 amide bonds. The van der Waals surface area contributed by atoms with Crippen LogP contribution in [0, 0.1) is 17.3 Å². The molecule has 0 saturated heterocycles. The molecule has 98 valence electrons. The number of rotatable bonds is 2. The van der Waals surface area contributed by atoms with Crippen LogP contribution in [0.4, 0.5) is 0 Å². The van der Waals surface area contributed by atoms with E-state index in [9.17, 15) is 5.11 Å². The molecule has 4 atom stereocenters. The Morgan fingerprint density at radius 3 is 2.39 bits per heavy atom. The van der Waals surface area contributed by atoms with E-state index in [0.717, 1.165) is 12.8 Å². The summed E-state index contributed by atoms with van der Waals surface area (Å²) < 4.78 is 0. The van der Waals surface area contributed by atoms with Crippen LogP contribution in [0.3, 0.4) is 0 Å². The molecule has 2 saturated carbocycles. The molecule has 0 aromatic heterocycles. The maximum atomic E-state index is 11.1. The lowest BCUT2D eigenvalue weighted by molar-refractivity contribution is -0.0193. The van der Waals surface area contributed by atoms with Crippen LogP contribution in [0.5, 0.6) is 0 Å². The van der Waals surface area contributed by atoms with Crippen molar-refractivity contribution in [2.75, 3.05) is 0 Å². The Morgan fingerprint density at radius 2 is 1.83 bits per heavy atom. The van der Waals surface area contributed by atoms with E-state index in [2.05, 4.69) is 51.1 Å². The largest absolute Gasteiger partial charge is 0.389 e. The molecule has 1 aromatic carbocycles. The highest BCUT2D eigenvalue weighted by Crippen LogP contribution is 2.62. The van der Waals surface area contributed by atoms with Gasteiger partial charge in [-0.1, -0.05) is 51.1 Å². The third-order valence-corrected chi connectivity index (χ3v) is 5.13. The molecule has 2 aliphatic rings. The fraction of sp³-hybridized carbons (Fsp3) is 0.647. The first-order valence-corrected chi connectivity index (χ1v) is 7.20. The smallest absolute Gasteiger partial charge is 0.0712 e. The summed E-state index contributed by atoms with van der Waals surface area (Å²) in [4.78, 5) is 0. The van der Waals surface area contributed by atoms with Crippen molar-refractivity contribution >= 4 is 0 Å². The quantitative estimate of drug-likeness (QED) is 0.834. The van der Waals surface area contributed by atoms with Gasteiger partial charge in [0, 0.05) is 0 Å². The van der Waals surface area contributed by atoms with E-state index in [0.29, 0.717) is 23.2 Å². The molecule has 4 unspecified atom stereocenters. The summed E-state index contributed by atoms with van der Waals surface area (Å²) in [7, 11) is 0. The van der Waals surface area contributed by atoms with Crippen LogP contribution in [-0.4, -0.2) is 10.7 Å². The molecule has 1 N–H and O–H groups in total. The zero-order chi connectivity index (χ0) is 13.0. The Labute approximate surface area is 110 Å². The van der Waals surface area contributed by atoms with Gasteiger partial charge in [0.15, 0.2) is 0 Å². The van der Waals surface area contributed by atoms with Gasteiger partial charge in [0.1, 0.15) is 0 Å². The normalized spacial score (nSPS) is 41.9. The average molecular weight is 244 g/mol. The molecule has 0 heterocycles. The van der Waals surface area contributed by atoms with Crippen LogP contribution in [0.15, 0.2) is 30.3 Å². The Hall–Kier alpha value is -0.820. The first-order chi connectivity index (χ1) is 8.42. The van der Waals surface area contributed by atoms with Gasteiger partial charge < -0.3 is 5.11 Å². The topological polar surface area (TPSA) is 20.2 Å². The summed E-state index contributed by atoms with van der Waals surface area (Å²) in [6.45, 7) is 6.82. The Balaban J connectivity index is 1.78. The molecule has 18 heavy (non-hydrogen) atoms. The first kappa shape index (κ1) is 12.2. The minimum Gasteiger partial charge on any atom is -0.389 e. The first-order valence-electron chi connectivity index (χ1n) is 7.20. The molecule has 0 radical (unpaired) electrons. The zero-order valence-corrected chi connectivity index (χ0v) is 11.7. The highest BCUT2D eigenvalue weighted by atomic mass is 16.3. The van der Waals surface area contributed by atoms with E-state index in [1.807, 2.05) is 0 Å². The molecule has 1 nitrogen and oxygen atoms in total. The predicted octanol–water partition coefficient (Wildman–Crippen LogP) is 3.98. The lowest BCUT2D eigenvalue weighted by Crippen LogP contribution is -2.35. The van der Waals surface area contributed by atoms with Crippen LogP contribution >= 0.6 is 0 Å². The van der Waals surface area contributed by atoms with Gasteiger partial charge in [0.05, 0.1) is 5.60 Å². The van der Waals surface area contributed by atoms with Crippen molar-refractivity contribution in [2.45, 2.75) is 51.6 Å². The van der Waals surface area contributed by atoms with Gasteiger partial charge in [0.2, 0.25) is 0 Å². The monoisotopic (exact) mass is 244 g/mol. The maximum Gasteiger partial charge on any atom is 0.0712 e. The summed E-state index contributed by atoms with van der Waals surface area (Å²) in [5.41, 5.74) is 1.29. The summed E-state index contributed by atoms with van der Waals surface area (Å²) >= 11 is 0. The minimum atomic E-state index is -0.427. The van der Waals surface area contributed by atoms with Crippen LogP contribution in [0.2, 0.25) is 0 Å². The third kappa shape index (κ3) is 1.89. The molecule has 1 aromatic rings. The summed E-state index contributed by atoms with van der Waals surface area (Å²) in [6.07, 6.45) is 3.29.